The van der Waals surface area contributed by atoms with Crippen molar-refractivity contribution in [1.82, 2.24) is 0 Å². The van der Waals surface area contributed by atoms with Crippen LogP contribution in [0.15, 0.2) is 11.6 Å². The molecule has 0 aromatic carbocycles. The first-order chi connectivity index (χ1) is 23.6. The van der Waals surface area contributed by atoms with Crippen LogP contribution in [-0.4, -0.2) is 53.7 Å². The predicted octanol–water partition coefficient (Wildman–Crippen LogP) is 8.17. The molecule has 284 valence electrons. The molecule has 1 aliphatic heterocycles. The van der Waals surface area contributed by atoms with E-state index in [0.717, 1.165) is 38.5 Å². The molecule has 6 aliphatic rings. The van der Waals surface area contributed by atoms with Crippen molar-refractivity contribution in [3.8, 4) is 0 Å². The van der Waals surface area contributed by atoms with Crippen molar-refractivity contribution in [3.63, 3.8) is 0 Å². The summed E-state index contributed by atoms with van der Waals surface area (Å²) < 4.78 is 18.0. The van der Waals surface area contributed by atoms with E-state index in [1.165, 1.54) is 19.4 Å². The predicted molar refractivity (Wildman–Crippen MR) is 193 cm³/mol. The van der Waals surface area contributed by atoms with Crippen molar-refractivity contribution in [3.05, 3.63) is 11.6 Å². The van der Waals surface area contributed by atoms with Crippen molar-refractivity contribution in [2.24, 2.45) is 56.2 Å². The molecule has 0 aromatic rings. The number of ketones is 3. The fraction of sp³-hybridized carbons (Fsp3) is 0.837. The molecule has 8 nitrogen and oxygen atoms in total. The highest BCUT2D eigenvalue weighted by Gasteiger charge is 2.71. The molecule has 12 atom stereocenters. The molecule has 0 amide bonds. The van der Waals surface area contributed by atoms with Crippen molar-refractivity contribution < 1.29 is 38.2 Å². The number of rotatable bonds is 6. The van der Waals surface area contributed by atoms with Crippen LogP contribution >= 0.6 is 0 Å². The van der Waals surface area contributed by atoms with Gasteiger partial charge in [-0.2, -0.15) is 0 Å². The van der Waals surface area contributed by atoms with Gasteiger partial charge >= 0.3 is 11.9 Å². The van der Waals surface area contributed by atoms with E-state index in [9.17, 15) is 14.4 Å². The standard InChI is InChI=1S/C43H64O8/c1-12-29-37(50-26(4)45)36(49-25(3)44)24(2)30(51-29)21-34(47)43-20-19-38(5,6)22-28(43)27-13-14-32-40(9)17-16-33(46)39(7,8)31(40)15-18-41(32,10)42(27,11)23-35(43)48/h13,24,28-32,36-37H,12,14-23H2,1-11H3/t24-,28?,29?,30+,31?,32?,36?,37+,40-,41+,42+,43-/m0/s1. The third-order valence-electron chi connectivity index (χ3n) is 16.2. The molecule has 1 heterocycles. The lowest BCUT2D eigenvalue weighted by Gasteiger charge is -2.70. The lowest BCUT2D eigenvalue weighted by atomic mass is 9.33. The Morgan fingerprint density at radius 1 is 0.843 bits per heavy atom. The first kappa shape index (κ1) is 38.4. The maximum absolute atomic E-state index is 15.2. The summed E-state index contributed by atoms with van der Waals surface area (Å²) in [4.78, 5) is 67.8. The number of ether oxygens (including phenoxy) is 3. The summed E-state index contributed by atoms with van der Waals surface area (Å²) in [7, 11) is 0. The molecule has 0 N–H and O–H groups in total. The fourth-order valence-electron chi connectivity index (χ4n) is 13.2. The van der Waals surface area contributed by atoms with Gasteiger partial charge in [0.25, 0.3) is 0 Å². The molecule has 51 heavy (non-hydrogen) atoms. The monoisotopic (exact) mass is 708 g/mol. The van der Waals surface area contributed by atoms with E-state index in [2.05, 4.69) is 54.5 Å². The summed E-state index contributed by atoms with van der Waals surface area (Å²) in [6.45, 7) is 22.5. The quantitative estimate of drug-likeness (QED) is 0.154. The number of fused-ring (bicyclic) bond motifs is 7. The Kier molecular flexibility index (Phi) is 9.50. The highest BCUT2D eigenvalue weighted by atomic mass is 16.6. The van der Waals surface area contributed by atoms with Crippen molar-refractivity contribution in [2.75, 3.05) is 0 Å². The lowest BCUT2D eigenvalue weighted by molar-refractivity contribution is -0.225. The lowest BCUT2D eigenvalue weighted by Crippen LogP contribution is -2.66. The van der Waals surface area contributed by atoms with Crippen LogP contribution < -0.4 is 0 Å². The first-order valence-corrected chi connectivity index (χ1v) is 19.9. The van der Waals surface area contributed by atoms with Gasteiger partial charge in [0, 0.05) is 55.8 Å². The number of carbonyl (C=O) groups is 5. The molecule has 6 rings (SSSR count). The van der Waals surface area contributed by atoms with Crippen molar-refractivity contribution >= 4 is 29.3 Å². The van der Waals surface area contributed by atoms with Gasteiger partial charge < -0.3 is 14.2 Å². The largest absolute Gasteiger partial charge is 0.458 e. The SMILES string of the molecule is CCC1O[C@H](CC(=O)[C@]23CCC(C)(C)CC2C2=CCC4[C@@]5(C)CCC(=O)C(C)(C)C5CC[C@@]4(C)[C@]2(C)CC3=O)[C@H](C)C(OC(C)=O)[C@@H]1OC(C)=O. The minimum Gasteiger partial charge on any atom is -0.458 e. The molecule has 0 spiro atoms. The van der Waals surface area contributed by atoms with Gasteiger partial charge in [-0.25, -0.2) is 0 Å². The Morgan fingerprint density at radius 2 is 1.49 bits per heavy atom. The molecule has 5 aliphatic carbocycles. The van der Waals surface area contributed by atoms with Gasteiger partial charge in [-0.15, -0.1) is 0 Å². The highest BCUT2D eigenvalue weighted by Crippen LogP contribution is 2.75. The van der Waals surface area contributed by atoms with E-state index >= 15 is 9.59 Å². The smallest absolute Gasteiger partial charge is 0.303 e. The molecule has 5 unspecified atom stereocenters. The van der Waals surface area contributed by atoms with Crippen LogP contribution in [0, 0.1) is 56.2 Å². The number of hydrogen-bond donors (Lipinski definition) is 0. The second kappa shape index (κ2) is 12.6. The summed E-state index contributed by atoms with van der Waals surface area (Å²) >= 11 is 0. The Balaban J connectivity index is 1.37. The van der Waals surface area contributed by atoms with E-state index in [-0.39, 0.29) is 51.0 Å². The maximum atomic E-state index is 15.2. The average Bonchev–Trinajstić information content (AvgIpc) is 3.02. The van der Waals surface area contributed by atoms with Crippen LogP contribution in [0.25, 0.3) is 0 Å². The molecule has 0 bridgehead atoms. The van der Waals surface area contributed by atoms with E-state index in [0.29, 0.717) is 43.3 Å². The summed E-state index contributed by atoms with van der Waals surface area (Å²) in [6, 6.07) is 0. The van der Waals surface area contributed by atoms with E-state index in [4.69, 9.17) is 14.2 Å². The van der Waals surface area contributed by atoms with Crippen molar-refractivity contribution in [2.45, 2.75) is 171 Å². The molecule has 1 saturated heterocycles. The molecule has 0 radical (unpaired) electrons. The molecular formula is C43H64O8. The third kappa shape index (κ3) is 5.64. The molecule has 0 aromatic heterocycles. The normalized spacial score (nSPS) is 45.6. The number of hydrogen-bond acceptors (Lipinski definition) is 8. The molecule has 8 heteroatoms. The molecule has 5 fully saturated rings. The Morgan fingerprint density at radius 3 is 2.12 bits per heavy atom. The van der Waals surface area contributed by atoms with E-state index in [1.54, 1.807) is 0 Å². The zero-order chi connectivity index (χ0) is 37.7. The number of allylic oxidation sites excluding steroid dienone is 2. The second-order valence-electron chi connectivity index (χ2n) is 19.7. The van der Waals surface area contributed by atoms with Crippen LogP contribution in [-0.2, 0) is 38.2 Å². The Hall–Kier alpha value is -2.35. The highest BCUT2D eigenvalue weighted by molar-refractivity contribution is 6.09. The first-order valence-electron chi connectivity index (χ1n) is 19.9. The van der Waals surface area contributed by atoms with Gasteiger partial charge in [0.15, 0.2) is 6.10 Å². The number of Topliss-reactive ketones (excluding diaryl/α,β-unsaturated/α-hetero) is 3. The second-order valence-corrected chi connectivity index (χ2v) is 19.7. The van der Waals surface area contributed by atoms with Crippen LogP contribution in [0.3, 0.4) is 0 Å². The van der Waals surface area contributed by atoms with E-state index < -0.39 is 47.7 Å². The van der Waals surface area contributed by atoms with Crippen LogP contribution in [0.1, 0.15) is 147 Å². The van der Waals surface area contributed by atoms with Crippen molar-refractivity contribution in [1.29, 1.82) is 0 Å². The zero-order valence-corrected chi connectivity index (χ0v) is 33.2. The third-order valence-corrected chi connectivity index (χ3v) is 16.2. The van der Waals surface area contributed by atoms with Gasteiger partial charge in [0.2, 0.25) is 0 Å². The van der Waals surface area contributed by atoms with Gasteiger partial charge in [-0.1, -0.05) is 74.0 Å². The van der Waals surface area contributed by atoms with Crippen LogP contribution in [0.2, 0.25) is 0 Å². The van der Waals surface area contributed by atoms with Gasteiger partial charge in [0.1, 0.15) is 23.5 Å². The van der Waals surface area contributed by atoms with E-state index in [1.807, 2.05) is 13.8 Å². The summed E-state index contributed by atoms with van der Waals surface area (Å²) in [5.74, 6) is -0.523. The number of esters is 2. The topological polar surface area (TPSA) is 113 Å². The van der Waals surface area contributed by atoms with Gasteiger partial charge in [-0.05, 0) is 79.4 Å². The molecule has 4 saturated carbocycles. The van der Waals surface area contributed by atoms with Crippen LogP contribution in [0.5, 0.6) is 0 Å². The van der Waals surface area contributed by atoms with Crippen LogP contribution in [0.4, 0.5) is 0 Å². The minimum atomic E-state index is -1.13. The summed E-state index contributed by atoms with van der Waals surface area (Å²) in [5.41, 5.74) is -0.703. The summed E-state index contributed by atoms with van der Waals surface area (Å²) in [6.07, 6.45) is 7.13. The summed E-state index contributed by atoms with van der Waals surface area (Å²) in [5, 5.41) is 0. The number of carbonyl (C=O) groups excluding carboxylic acids is 5. The van der Waals surface area contributed by atoms with Gasteiger partial charge in [0.05, 0.1) is 17.6 Å². The Bertz CT molecular complexity index is 1520. The minimum absolute atomic E-state index is 0.00140. The average molecular weight is 709 g/mol. The maximum Gasteiger partial charge on any atom is 0.303 e. The zero-order valence-electron chi connectivity index (χ0n) is 33.2. The van der Waals surface area contributed by atoms with Gasteiger partial charge in [-0.3, -0.25) is 24.0 Å². The fourth-order valence-corrected chi connectivity index (χ4v) is 13.2. The Labute approximate surface area is 305 Å². The molecular weight excluding hydrogens is 644 g/mol.